The third-order valence-corrected chi connectivity index (χ3v) is 4.21. The molecule has 0 radical (unpaired) electrons. The molecular weight excluding hydrogens is 351 g/mol. The Morgan fingerprint density at radius 1 is 1.27 bits per heavy atom. The van der Waals surface area contributed by atoms with Crippen LogP contribution < -0.4 is 10.6 Å². The highest BCUT2D eigenvalue weighted by Gasteiger charge is 2.32. The molecule has 0 spiro atoms. The van der Waals surface area contributed by atoms with Gasteiger partial charge in [0.2, 0.25) is 5.91 Å². The highest BCUT2D eigenvalue weighted by Crippen LogP contribution is 2.30. The number of hydrogen-bond donors (Lipinski definition) is 2. The van der Waals surface area contributed by atoms with Gasteiger partial charge in [-0.05, 0) is 31.0 Å². The van der Waals surface area contributed by atoms with E-state index in [1.54, 1.807) is 4.90 Å². The van der Waals surface area contributed by atoms with Gasteiger partial charge in [0, 0.05) is 24.8 Å². The molecule has 3 rings (SSSR count). The van der Waals surface area contributed by atoms with Gasteiger partial charge >= 0.3 is 6.18 Å². The molecule has 1 aliphatic carbocycles. The summed E-state index contributed by atoms with van der Waals surface area (Å²) in [6.45, 7) is 1.05. The van der Waals surface area contributed by atoms with Crippen molar-refractivity contribution >= 4 is 17.5 Å². The molecule has 6 nitrogen and oxygen atoms in total. The number of carbonyl (C=O) groups excluding carboxylic acids is 2. The summed E-state index contributed by atoms with van der Waals surface area (Å²) in [4.78, 5) is 25.9. The van der Waals surface area contributed by atoms with Gasteiger partial charge in [-0.1, -0.05) is 6.07 Å². The lowest BCUT2D eigenvalue weighted by Gasteiger charge is -2.31. The van der Waals surface area contributed by atoms with E-state index in [1.165, 1.54) is 12.1 Å². The van der Waals surface area contributed by atoms with Crippen LogP contribution in [-0.2, 0) is 20.5 Å². The topological polar surface area (TPSA) is 70.7 Å². The highest BCUT2D eigenvalue weighted by molar-refractivity contribution is 5.92. The van der Waals surface area contributed by atoms with E-state index in [1.807, 2.05) is 0 Å². The van der Waals surface area contributed by atoms with Crippen LogP contribution in [0.4, 0.5) is 18.9 Å². The normalized spacial score (nSPS) is 21.3. The number of nitrogens with zero attached hydrogens (tertiary/aromatic N) is 1. The van der Waals surface area contributed by atoms with Gasteiger partial charge in [0.15, 0.2) is 0 Å². The molecule has 1 unspecified atom stereocenters. The van der Waals surface area contributed by atoms with Gasteiger partial charge in [-0.2, -0.15) is 13.2 Å². The minimum atomic E-state index is -4.47. The second-order valence-corrected chi connectivity index (χ2v) is 6.50. The molecule has 2 fully saturated rings. The van der Waals surface area contributed by atoms with Crippen LogP contribution in [0, 0.1) is 0 Å². The molecule has 26 heavy (non-hydrogen) atoms. The van der Waals surface area contributed by atoms with Crippen LogP contribution >= 0.6 is 0 Å². The molecule has 0 aromatic heterocycles. The van der Waals surface area contributed by atoms with Crippen LogP contribution in [-0.4, -0.2) is 55.1 Å². The van der Waals surface area contributed by atoms with E-state index < -0.39 is 23.8 Å². The van der Waals surface area contributed by atoms with E-state index in [4.69, 9.17) is 4.74 Å². The van der Waals surface area contributed by atoms with Crippen molar-refractivity contribution in [1.82, 2.24) is 10.2 Å². The van der Waals surface area contributed by atoms with Gasteiger partial charge in [0.1, 0.15) is 6.10 Å². The molecule has 1 atom stereocenters. The maximum Gasteiger partial charge on any atom is 0.416 e. The Labute approximate surface area is 148 Å². The summed E-state index contributed by atoms with van der Waals surface area (Å²) in [5.41, 5.74) is -0.736. The summed E-state index contributed by atoms with van der Waals surface area (Å²) in [6, 6.07) is 4.71. The van der Waals surface area contributed by atoms with Crippen molar-refractivity contribution in [3.05, 3.63) is 29.8 Å². The maximum atomic E-state index is 12.7. The van der Waals surface area contributed by atoms with Crippen LogP contribution in [0.2, 0.25) is 0 Å². The fourth-order valence-corrected chi connectivity index (χ4v) is 2.70. The van der Waals surface area contributed by atoms with E-state index in [-0.39, 0.29) is 30.7 Å². The Hall–Kier alpha value is -2.13. The molecule has 1 saturated heterocycles. The van der Waals surface area contributed by atoms with Gasteiger partial charge in [0.25, 0.3) is 5.91 Å². The average molecular weight is 371 g/mol. The van der Waals surface area contributed by atoms with Gasteiger partial charge in [-0.15, -0.1) is 0 Å². The fourth-order valence-electron chi connectivity index (χ4n) is 2.70. The number of ether oxygens (including phenoxy) is 1. The molecule has 1 aromatic rings. The number of amides is 2. The largest absolute Gasteiger partial charge is 0.416 e. The van der Waals surface area contributed by atoms with Crippen LogP contribution in [0.5, 0.6) is 0 Å². The number of anilines is 1. The summed E-state index contributed by atoms with van der Waals surface area (Å²) >= 11 is 0. The molecule has 1 heterocycles. The second kappa shape index (κ2) is 7.63. The molecule has 142 valence electrons. The lowest BCUT2D eigenvalue weighted by molar-refractivity contribution is -0.140. The molecule has 2 amide bonds. The predicted molar refractivity (Wildman–Crippen MR) is 87.4 cm³/mol. The zero-order valence-corrected chi connectivity index (χ0v) is 14.0. The lowest BCUT2D eigenvalue weighted by atomic mass is 10.2. The van der Waals surface area contributed by atoms with E-state index in [9.17, 15) is 22.8 Å². The Balaban J connectivity index is 1.52. The maximum absolute atomic E-state index is 12.7. The zero-order valence-electron chi connectivity index (χ0n) is 14.0. The van der Waals surface area contributed by atoms with Crippen molar-refractivity contribution < 1.29 is 27.5 Å². The number of hydrogen-bond acceptors (Lipinski definition) is 4. The first kappa shape index (κ1) is 18.7. The number of benzene rings is 1. The number of morpholine rings is 1. The molecule has 1 aromatic carbocycles. The van der Waals surface area contributed by atoms with Gasteiger partial charge in [0.05, 0.1) is 18.7 Å². The van der Waals surface area contributed by atoms with Gasteiger partial charge in [-0.25, -0.2) is 0 Å². The fraction of sp³-hybridized carbons (Fsp3) is 0.529. The van der Waals surface area contributed by atoms with Crippen molar-refractivity contribution in [2.75, 3.05) is 31.6 Å². The molecule has 9 heteroatoms. The Morgan fingerprint density at radius 2 is 2.04 bits per heavy atom. The second-order valence-electron chi connectivity index (χ2n) is 6.50. The smallest absolute Gasteiger partial charge is 0.366 e. The van der Waals surface area contributed by atoms with Crippen molar-refractivity contribution in [2.45, 2.75) is 31.2 Å². The van der Waals surface area contributed by atoms with E-state index >= 15 is 0 Å². The van der Waals surface area contributed by atoms with E-state index in [0.717, 1.165) is 25.0 Å². The first-order chi connectivity index (χ1) is 12.3. The average Bonchev–Trinajstić information content (AvgIpc) is 3.38. The summed E-state index contributed by atoms with van der Waals surface area (Å²) in [6.07, 6.45) is -3.15. The molecule has 0 bridgehead atoms. The van der Waals surface area contributed by atoms with Gasteiger partial charge in [-0.3, -0.25) is 14.5 Å². The number of rotatable bonds is 5. The molecular formula is C17H20F3N3O3. The Kier molecular flexibility index (Phi) is 5.47. The standard InChI is InChI=1S/C17H20F3N3O3/c18-17(19,20)11-2-1-3-13(8-11)21-15(24)10-23-6-7-26-14(9-23)16(25)22-12-4-5-12/h1-3,8,12,14H,4-7,9-10H2,(H,21,24)(H,22,25). The summed E-state index contributed by atoms with van der Waals surface area (Å²) in [5, 5.41) is 5.33. The summed E-state index contributed by atoms with van der Waals surface area (Å²) in [5.74, 6) is -0.622. The Bertz CT molecular complexity index is 677. The summed E-state index contributed by atoms with van der Waals surface area (Å²) < 4.78 is 43.6. The predicted octanol–water partition coefficient (Wildman–Crippen LogP) is 1.62. The van der Waals surface area contributed by atoms with Crippen molar-refractivity contribution in [3.63, 3.8) is 0 Å². The number of alkyl halides is 3. The highest BCUT2D eigenvalue weighted by atomic mass is 19.4. The van der Waals surface area contributed by atoms with E-state index in [0.29, 0.717) is 13.2 Å². The number of carbonyl (C=O) groups is 2. The third kappa shape index (κ3) is 5.18. The van der Waals surface area contributed by atoms with Crippen molar-refractivity contribution in [2.24, 2.45) is 0 Å². The lowest BCUT2D eigenvalue weighted by Crippen LogP contribution is -2.51. The van der Waals surface area contributed by atoms with Crippen LogP contribution in [0.25, 0.3) is 0 Å². The SMILES string of the molecule is O=C(CN1CCOC(C(=O)NC2CC2)C1)Nc1cccc(C(F)(F)F)c1. The van der Waals surface area contributed by atoms with Crippen molar-refractivity contribution in [3.8, 4) is 0 Å². The minimum absolute atomic E-state index is 0.0210. The zero-order chi connectivity index (χ0) is 18.7. The quantitative estimate of drug-likeness (QED) is 0.825. The first-order valence-electron chi connectivity index (χ1n) is 8.43. The molecule has 2 aliphatic rings. The van der Waals surface area contributed by atoms with E-state index in [2.05, 4.69) is 10.6 Å². The van der Waals surface area contributed by atoms with Crippen molar-refractivity contribution in [1.29, 1.82) is 0 Å². The molecule has 2 N–H and O–H groups in total. The molecule has 1 saturated carbocycles. The molecule has 1 aliphatic heterocycles. The monoisotopic (exact) mass is 371 g/mol. The summed E-state index contributed by atoms with van der Waals surface area (Å²) in [7, 11) is 0. The number of halogens is 3. The first-order valence-corrected chi connectivity index (χ1v) is 8.43. The van der Waals surface area contributed by atoms with Crippen LogP contribution in [0.3, 0.4) is 0 Å². The number of nitrogens with one attached hydrogen (secondary N) is 2. The Morgan fingerprint density at radius 3 is 2.73 bits per heavy atom. The van der Waals surface area contributed by atoms with Crippen LogP contribution in [0.15, 0.2) is 24.3 Å². The minimum Gasteiger partial charge on any atom is -0.366 e. The van der Waals surface area contributed by atoms with Gasteiger partial charge < -0.3 is 15.4 Å². The van der Waals surface area contributed by atoms with Crippen LogP contribution in [0.1, 0.15) is 18.4 Å². The third-order valence-electron chi connectivity index (χ3n) is 4.21.